The Bertz CT molecular complexity index is 30.6. The van der Waals surface area contributed by atoms with E-state index in [4.69, 9.17) is 9.90 Å². The molecule has 0 aliphatic heterocycles. The molecule has 0 saturated carbocycles. The Morgan fingerprint density at radius 1 is 1.80 bits per heavy atom. The smallest absolute Gasteiger partial charge is 0.300 e. The summed E-state index contributed by atoms with van der Waals surface area (Å²) in [5, 5.41) is 7.42. The fourth-order valence-electron chi connectivity index (χ4n) is 0. The molecule has 0 atom stereocenters. The summed E-state index contributed by atoms with van der Waals surface area (Å²) >= 11 is 0. The van der Waals surface area contributed by atoms with E-state index >= 15 is 0 Å². The normalized spacial score (nSPS) is 5.00. The molecule has 0 unspecified atom stereocenters. The van der Waals surface area contributed by atoms with Crippen molar-refractivity contribution in [3.05, 3.63) is 0 Å². The van der Waals surface area contributed by atoms with E-state index in [0.717, 1.165) is 6.92 Å². The molecule has 0 saturated heterocycles. The van der Waals surface area contributed by atoms with Crippen LogP contribution in [-0.2, 0) is 4.79 Å². The molecule has 0 bridgehead atoms. The molecule has 1 radical (unpaired) electrons. The Balaban J connectivity index is 0. The minimum atomic E-state index is -0.833. The number of hydrogen-bond donors (Lipinski definition) is 1. The van der Waals surface area contributed by atoms with Crippen molar-refractivity contribution in [2.45, 2.75) is 6.92 Å². The zero-order chi connectivity index (χ0) is 3.58. The quantitative estimate of drug-likeness (QED) is 0.687. The second-order valence-electron chi connectivity index (χ2n) is 0.519. The van der Waals surface area contributed by atoms with Crippen LogP contribution in [0.1, 0.15) is 6.92 Å². The van der Waals surface area contributed by atoms with Gasteiger partial charge in [-0.25, -0.2) is 0 Å². The molecule has 0 aliphatic carbocycles. The number of aliphatic carboxylic acids is 1. The van der Waals surface area contributed by atoms with E-state index in [1.54, 1.807) is 0 Å². The van der Waals surface area contributed by atoms with Crippen LogP contribution >= 0.6 is 0 Å². The van der Waals surface area contributed by atoms with Gasteiger partial charge in [-0.05, 0) is 0 Å². The third-order valence-electron chi connectivity index (χ3n) is 0. The van der Waals surface area contributed by atoms with Crippen molar-refractivity contribution in [2.75, 3.05) is 0 Å². The van der Waals surface area contributed by atoms with Gasteiger partial charge in [0.2, 0.25) is 0 Å². The van der Waals surface area contributed by atoms with Crippen molar-refractivity contribution in [3.63, 3.8) is 0 Å². The largest absolute Gasteiger partial charge is 0.481 e. The first-order chi connectivity index (χ1) is 1.73. The van der Waals surface area contributed by atoms with Gasteiger partial charge >= 0.3 is 0 Å². The maximum absolute atomic E-state index is 9.00. The summed E-state index contributed by atoms with van der Waals surface area (Å²) in [6.45, 7) is 1.08. The number of carboxylic acid groups (broad SMARTS) is 1. The second kappa shape index (κ2) is 4.56. The Morgan fingerprint density at radius 2 is 1.80 bits per heavy atom. The van der Waals surface area contributed by atoms with Crippen molar-refractivity contribution >= 4 is 5.97 Å². The third-order valence-corrected chi connectivity index (χ3v) is 0. The monoisotopic (exact) mass is 291 g/mol. The van der Waals surface area contributed by atoms with Crippen molar-refractivity contribution in [2.24, 2.45) is 0 Å². The Kier molecular flexibility index (Phi) is 8.32. The maximum Gasteiger partial charge on any atom is 0.300 e. The van der Waals surface area contributed by atoms with Crippen molar-refractivity contribution in [1.82, 2.24) is 0 Å². The summed E-state index contributed by atoms with van der Waals surface area (Å²) in [4.78, 5) is 9.00. The van der Waals surface area contributed by atoms with Crippen LogP contribution in [0, 0.1) is 32.3 Å². The molecule has 0 aliphatic rings. The molecule has 2 nitrogen and oxygen atoms in total. The molecule has 27 valence electrons. The number of carbonyl (C=O) groups is 1. The predicted octanol–water partition coefficient (Wildman–Crippen LogP) is 0.0909. The number of rotatable bonds is 0. The molecule has 3 heteroatoms. The van der Waals surface area contributed by atoms with Gasteiger partial charge in [-0.2, -0.15) is 0 Å². The molecule has 0 amide bonds. The van der Waals surface area contributed by atoms with Crippen LogP contribution in [0.3, 0.4) is 0 Å². The first-order valence-corrected chi connectivity index (χ1v) is 0.928. The van der Waals surface area contributed by atoms with Crippen LogP contribution in [0.4, 0.5) is 0 Å². The van der Waals surface area contributed by atoms with E-state index in [-0.39, 0.29) is 32.3 Å². The molecular formula is C2H4O2Pa. The van der Waals surface area contributed by atoms with Crippen LogP contribution in [0.5, 0.6) is 0 Å². The van der Waals surface area contributed by atoms with Crippen molar-refractivity contribution in [3.8, 4) is 0 Å². The zero-order valence-corrected chi connectivity index (χ0v) is 7.74. The molecule has 0 aromatic rings. The fourth-order valence-corrected chi connectivity index (χ4v) is 0. The Hall–Kier alpha value is 0.561. The standard InChI is InChI=1S/C2H4O2.Pa/c1-2(3)4;/h1H3,(H,3,4);. The Labute approximate surface area is 55.1 Å². The molecule has 5 heavy (non-hydrogen) atoms. The van der Waals surface area contributed by atoms with Crippen LogP contribution in [0.25, 0.3) is 0 Å². The van der Waals surface area contributed by atoms with Crippen LogP contribution in [0.2, 0.25) is 0 Å². The van der Waals surface area contributed by atoms with Gasteiger partial charge in [0.15, 0.2) is 0 Å². The topological polar surface area (TPSA) is 37.3 Å². The summed E-state index contributed by atoms with van der Waals surface area (Å²) in [5.74, 6) is -0.833. The van der Waals surface area contributed by atoms with Gasteiger partial charge in [0.05, 0.1) is 0 Å². The van der Waals surface area contributed by atoms with Crippen LogP contribution in [0.15, 0.2) is 0 Å². The average Bonchev–Trinajstić information content (AvgIpc) is 0.811. The van der Waals surface area contributed by atoms with E-state index in [2.05, 4.69) is 0 Å². The van der Waals surface area contributed by atoms with E-state index < -0.39 is 5.97 Å². The van der Waals surface area contributed by atoms with Gasteiger partial charge < -0.3 is 5.11 Å². The Morgan fingerprint density at radius 3 is 1.80 bits per heavy atom. The summed E-state index contributed by atoms with van der Waals surface area (Å²) in [6, 6.07) is 0. The SMILES string of the molecule is CC(=O)O.[Pa]. The number of hydrogen-bond acceptors (Lipinski definition) is 1. The fraction of sp³-hybridized carbons (Fsp3) is 0.500. The molecule has 0 fully saturated rings. The minimum absolute atomic E-state index is 0. The minimum Gasteiger partial charge on any atom is -0.481 e. The van der Waals surface area contributed by atoms with Crippen LogP contribution in [-0.4, -0.2) is 11.1 Å². The first kappa shape index (κ1) is 9.12. The summed E-state index contributed by atoms with van der Waals surface area (Å²) in [5.41, 5.74) is 0. The molecule has 0 spiro atoms. The van der Waals surface area contributed by atoms with E-state index in [0.29, 0.717) is 0 Å². The molecule has 0 aromatic heterocycles. The predicted molar refractivity (Wildman–Crippen MR) is 13.3 cm³/mol. The maximum atomic E-state index is 9.00. The van der Waals surface area contributed by atoms with Crippen molar-refractivity contribution in [1.29, 1.82) is 0 Å². The second-order valence-corrected chi connectivity index (χ2v) is 0.519. The summed E-state index contributed by atoms with van der Waals surface area (Å²) in [6.07, 6.45) is 0. The van der Waals surface area contributed by atoms with Gasteiger partial charge in [0.1, 0.15) is 0 Å². The van der Waals surface area contributed by atoms with Crippen LogP contribution < -0.4 is 0 Å². The molecule has 0 aromatic carbocycles. The summed E-state index contributed by atoms with van der Waals surface area (Å²) < 4.78 is 0. The van der Waals surface area contributed by atoms with Gasteiger partial charge in [0.25, 0.3) is 5.97 Å². The van der Waals surface area contributed by atoms with Gasteiger partial charge in [-0.15, -0.1) is 0 Å². The average molecular weight is 291 g/mol. The van der Waals surface area contributed by atoms with Gasteiger partial charge in [0, 0.05) is 39.2 Å². The number of carboxylic acids is 1. The van der Waals surface area contributed by atoms with Gasteiger partial charge in [-0.3, -0.25) is 4.79 Å². The van der Waals surface area contributed by atoms with E-state index in [1.165, 1.54) is 0 Å². The van der Waals surface area contributed by atoms with Crippen molar-refractivity contribution < 1.29 is 42.2 Å². The molecule has 1 N–H and O–H groups in total. The van der Waals surface area contributed by atoms with E-state index in [1.807, 2.05) is 0 Å². The molecular weight excluding hydrogens is 287 g/mol. The molecule has 0 heterocycles. The zero-order valence-electron chi connectivity index (χ0n) is 2.93. The van der Waals surface area contributed by atoms with E-state index in [9.17, 15) is 0 Å². The molecule has 0 rings (SSSR count). The van der Waals surface area contributed by atoms with Gasteiger partial charge in [-0.1, -0.05) is 0 Å². The third kappa shape index (κ3) is 95.1. The summed E-state index contributed by atoms with van der Waals surface area (Å²) in [7, 11) is 0. The first-order valence-electron chi connectivity index (χ1n) is 0.928.